The van der Waals surface area contributed by atoms with Crippen molar-refractivity contribution in [3.05, 3.63) is 30.3 Å². The molecule has 90 valence electrons. The third-order valence-corrected chi connectivity index (χ3v) is 3.85. The lowest BCUT2D eigenvalue weighted by atomic mass is 10.4. The molecule has 1 unspecified atom stereocenters. The standard InChI is InChI=1S/C11H11NO4S/c1-2-16-11(13)10(8-12)17(14,15)9-6-4-3-5-7-9/h3-7,10H,2H2,1H3. The first-order chi connectivity index (χ1) is 8.04. The quantitative estimate of drug-likeness (QED) is 0.745. The molecule has 0 aliphatic carbocycles. The molecule has 0 N–H and O–H groups in total. The number of sulfone groups is 1. The van der Waals surface area contributed by atoms with Gasteiger partial charge < -0.3 is 4.74 Å². The summed E-state index contributed by atoms with van der Waals surface area (Å²) in [6.07, 6.45) is 0. The molecule has 1 rings (SSSR count). The number of carbonyl (C=O) groups is 1. The Bertz CT molecular complexity index is 530. The van der Waals surface area contributed by atoms with Crippen LogP contribution in [0.2, 0.25) is 0 Å². The highest BCUT2D eigenvalue weighted by Gasteiger charge is 2.35. The van der Waals surface area contributed by atoms with Crippen LogP contribution in [0, 0.1) is 11.3 Å². The van der Waals surface area contributed by atoms with E-state index in [1.165, 1.54) is 30.3 Å². The molecule has 1 aromatic rings. The zero-order valence-corrected chi connectivity index (χ0v) is 9.98. The van der Waals surface area contributed by atoms with Gasteiger partial charge in [-0.15, -0.1) is 0 Å². The fourth-order valence-electron chi connectivity index (χ4n) is 1.21. The fourth-order valence-corrected chi connectivity index (χ4v) is 2.48. The van der Waals surface area contributed by atoms with Crippen molar-refractivity contribution in [3.8, 4) is 6.07 Å². The van der Waals surface area contributed by atoms with Crippen LogP contribution in [0.15, 0.2) is 35.2 Å². The average molecular weight is 253 g/mol. The number of nitrogens with zero attached hydrogens (tertiary/aromatic N) is 1. The van der Waals surface area contributed by atoms with Crippen LogP contribution in [0.3, 0.4) is 0 Å². The zero-order valence-electron chi connectivity index (χ0n) is 9.16. The Labute approximate surface area is 99.5 Å². The molecule has 0 spiro atoms. The van der Waals surface area contributed by atoms with Gasteiger partial charge in [0.05, 0.1) is 17.6 Å². The summed E-state index contributed by atoms with van der Waals surface area (Å²) in [6.45, 7) is 1.57. The molecule has 6 heteroatoms. The number of ether oxygens (including phenoxy) is 1. The topological polar surface area (TPSA) is 84.2 Å². The van der Waals surface area contributed by atoms with Gasteiger partial charge in [-0.2, -0.15) is 5.26 Å². The summed E-state index contributed by atoms with van der Waals surface area (Å²) >= 11 is 0. The third-order valence-electron chi connectivity index (χ3n) is 2.00. The van der Waals surface area contributed by atoms with Crippen molar-refractivity contribution in [2.24, 2.45) is 0 Å². The summed E-state index contributed by atoms with van der Waals surface area (Å²) in [4.78, 5) is 11.3. The molecule has 0 radical (unpaired) electrons. The smallest absolute Gasteiger partial charge is 0.339 e. The highest BCUT2D eigenvalue weighted by Crippen LogP contribution is 2.16. The summed E-state index contributed by atoms with van der Waals surface area (Å²) in [5.41, 5.74) is 0. The van der Waals surface area contributed by atoms with Crippen molar-refractivity contribution in [2.45, 2.75) is 17.1 Å². The summed E-state index contributed by atoms with van der Waals surface area (Å²) in [5.74, 6) is -1.04. The number of carbonyl (C=O) groups excluding carboxylic acids is 1. The van der Waals surface area contributed by atoms with Crippen molar-refractivity contribution in [1.82, 2.24) is 0 Å². The van der Waals surface area contributed by atoms with Crippen LogP contribution in [-0.2, 0) is 19.4 Å². The SMILES string of the molecule is CCOC(=O)C(C#N)S(=O)(=O)c1ccccc1. The normalized spacial score (nSPS) is 12.5. The molecular weight excluding hydrogens is 242 g/mol. The molecule has 0 heterocycles. The van der Waals surface area contributed by atoms with E-state index in [4.69, 9.17) is 5.26 Å². The Morgan fingerprint density at radius 2 is 2.00 bits per heavy atom. The molecule has 17 heavy (non-hydrogen) atoms. The van der Waals surface area contributed by atoms with E-state index < -0.39 is 21.1 Å². The first-order valence-electron chi connectivity index (χ1n) is 4.89. The molecule has 0 amide bonds. The number of hydrogen-bond acceptors (Lipinski definition) is 5. The Morgan fingerprint density at radius 1 is 1.41 bits per heavy atom. The molecule has 1 aromatic carbocycles. The van der Waals surface area contributed by atoms with E-state index in [-0.39, 0.29) is 11.5 Å². The predicted octanol–water partition coefficient (Wildman–Crippen LogP) is 0.916. The van der Waals surface area contributed by atoms with E-state index >= 15 is 0 Å². The molecule has 5 nitrogen and oxygen atoms in total. The van der Waals surface area contributed by atoms with Crippen molar-refractivity contribution in [2.75, 3.05) is 6.61 Å². The van der Waals surface area contributed by atoms with Gasteiger partial charge in [-0.1, -0.05) is 18.2 Å². The van der Waals surface area contributed by atoms with Gasteiger partial charge in [0.2, 0.25) is 15.1 Å². The minimum absolute atomic E-state index is 0.0291. The second kappa shape index (κ2) is 5.46. The van der Waals surface area contributed by atoms with E-state index in [1.807, 2.05) is 0 Å². The Morgan fingerprint density at radius 3 is 2.47 bits per heavy atom. The van der Waals surface area contributed by atoms with Crippen molar-refractivity contribution < 1.29 is 17.9 Å². The lowest BCUT2D eigenvalue weighted by Gasteiger charge is -2.09. The summed E-state index contributed by atoms with van der Waals surface area (Å²) in [6, 6.07) is 8.81. The molecule has 1 atom stereocenters. The Balaban J connectivity index is 3.13. The van der Waals surface area contributed by atoms with Crippen LogP contribution in [0.5, 0.6) is 0 Å². The van der Waals surface area contributed by atoms with Crippen molar-refractivity contribution in [1.29, 1.82) is 5.26 Å². The number of benzene rings is 1. The van der Waals surface area contributed by atoms with E-state index in [2.05, 4.69) is 4.74 Å². The van der Waals surface area contributed by atoms with E-state index in [9.17, 15) is 13.2 Å². The van der Waals surface area contributed by atoms with Gasteiger partial charge in [-0.3, -0.25) is 0 Å². The summed E-state index contributed by atoms with van der Waals surface area (Å²) in [5, 5.41) is 6.98. The van der Waals surface area contributed by atoms with Crippen LogP contribution in [0.4, 0.5) is 0 Å². The highest BCUT2D eigenvalue weighted by molar-refractivity contribution is 7.93. The second-order valence-electron chi connectivity index (χ2n) is 3.12. The minimum atomic E-state index is -4.01. The molecule has 0 aliphatic heterocycles. The molecular formula is C11H11NO4S. The number of nitriles is 1. The Hall–Kier alpha value is -1.87. The number of hydrogen-bond donors (Lipinski definition) is 0. The lowest BCUT2D eigenvalue weighted by Crippen LogP contribution is -2.30. The maximum atomic E-state index is 12.0. The third kappa shape index (κ3) is 2.82. The lowest BCUT2D eigenvalue weighted by molar-refractivity contribution is -0.141. The second-order valence-corrected chi connectivity index (χ2v) is 5.15. The van der Waals surface area contributed by atoms with Gasteiger partial charge >= 0.3 is 5.97 Å². The highest BCUT2D eigenvalue weighted by atomic mass is 32.2. The molecule has 0 aromatic heterocycles. The van der Waals surface area contributed by atoms with Crippen molar-refractivity contribution >= 4 is 15.8 Å². The van der Waals surface area contributed by atoms with Gasteiger partial charge in [0.1, 0.15) is 0 Å². The van der Waals surface area contributed by atoms with Gasteiger partial charge in [-0.25, -0.2) is 13.2 Å². The first-order valence-corrected chi connectivity index (χ1v) is 6.44. The van der Waals surface area contributed by atoms with Crippen LogP contribution in [0.1, 0.15) is 6.92 Å². The van der Waals surface area contributed by atoms with E-state index in [0.717, 1.165) is 0 Å². The van der Waals surface area contributed by atoms with Crippen LogP contribution < -0.4 is 0 Å². The van der Waals surface area contributed by atoms with Gasteiger partial charge in [0.25, 0.3) is 0 Å². The monoisotopic (exact) mass is 253 g/mol. The molecule has 0 fully saturated rings. The van der Waals surface area contributed by atoms with Gasteiger partial charge in [-0.05, 0) is 19.1 Å². The largest absolute Gasteiger partial charge is 0.464 e. The molecule has 0 saturated heterocycles. The van der Waals surface area contributed by atoms with E-state index in [0.29, 0.717) is 0 Å². The summed E-state index contributed by atoms with van der Waals surface area (Å²) < 4.78 is 28.5. The minimum Gasteiger partial charge on any atom is -0.464 e. The van der Waals surface area contributed by atoms with Crippen LogP contribution >= 0.6 is 0 Å². The first kappa shape index (κ1) is 13.2. The summed E-state index contributed by atoms with van der Waals surface area (Å²) in [7, 11) is -4.01. The zero-order chi connectivity index (χ0) is 12.9. The molecule has 0 bridgehead atoms. The Kier molecular flexibility index (Phi) is 4.24. The number of rotatable bonds is 4. The van der Waals surface area contributed by atoms with Gasteiger partial charge in [0, 0.05) is 0 Å². The van der Waals surface area contributed by atoms with Crippen molar-refractivity contribution in [3.63, 3.8) is 0 Å². The fraction of sp³-hybridized carbons (Fsp3) is 0.273. The number of esters is 1. The van der Waals surface area contributed by atoms with Crippen LogP contribution in [0.25, 0.3) is 0 Å². The molecule has 0 saturated carbocycles. The predicted molar refractivity (Wildman–Crippen MR) is 59.7 cm³/mol. The van der Waals surface area contributed by atoms with Crippen LogP contribution in [-0.4, -0.2) is 26.2 Å². The maximum absolute atomic E-state index is 12.0. The van der Waals surface area contributed by atoms with E-state index in [1.54, 1.807) is 13.0 Å². The average Bonchev–Trinajstić information content (AvgIpc) is 2.31. The van der Waals surface area contributed by atoms with Gasteiger partial charge in [0.15, 0.2) is 0 Å². The maximum Gasteiger partial charge on any atom is 0.339 e. The molecule has 0 aliphatic rings.